The molecular weight excluding hydrogens is 233 g/mol. The lowest BCUT2D eigenvalue weighted by molar-refractivity contribution is 0.372. The lowest BCUT2D eigenvalue weighted by Crippen LogP contribution is -2.03. The quantitative estimate of drug-likeness (QED) is 0.750. The van der Waals surface area contributed by atoms with Crippen LogP contribution in [0.3, 0.4) is 0 Å². The molecule has 2 nitrogen and oxygen atoms in total. The third-order valence-electron chi connectivity index (χ3n) is 1.51. The molecule has 0 aliphatic carbocycles. The van der Waals surface area contributed by atoms with E-state index in [-0.39, 0.29) is 11.0 Å². The number of furan rings is 2. The number of hydrogen-bond donors (Lipinski definition) is 0. The summed E-state index contributed by atoms with van der Waals surface area (Å²) < 4.78 is 34.3. The van der Waals surface area contributed by atoms with Crippen molar-refractivity contribution < 1.29 is 17.6 Å². The zero-order valence-corrected chi connectivity index (χ0v) is 8.36. The Kier molecular flexibility index (Phi) is 2.57. The fraction of sp³-hybridized carbons (Fsp3) is 0. The Balaban J connectivity index is 2.28. The molecule has 0 unspecified atom stereocenters. The summed E-state index contributed by atoms with van der Waals surface area (Å²) in [4.78, 5) is 0. The van der Waals surface area contributed by atoms with Crippen molar-refractivity contribution in [1.82, 2.24) is 0 Å². The van der Waals surface area contributed by atoms with Crippen molar-refractivity contribution in [3.8, 4) is 0 Å². The fourth-order valence-corrected chi connectivity index (χ4v) is 2.44. The van der Waals surface area contributed by atoms with Gasteiger partial charge in [0, 0.05) is 12.1 Å². The standard InChI is InChI=1S/C8H4ClF2O2P/c9-14(7-3-1-5(10)12-7)8-4-2-6(11)13-8/h1-4H. The van der Waals surface area contributed by atoms with Crippen LogP contribution in [-0.2, 0) is 0 Å². The molecule has 14 heavy (non-hydrogen) atoms. The normalized spacial score (nSPS) is 11.1. The number of rotatable bonds is 2. The van der Waals surface area contributed by atoms with Crippen LogP contribution in [0.1, 0.15) is 0 Å². The molecule has 0 saturated carbocycles. The predicted octanol–water partition coefficient (Wildman–Crippen LogP) is 2.74. The van der Waals surface area contributed by atoms with Crippen LogP contribution in [0.15, 0.2) is 33.1 Å². The van der Waals surface area contributed by atoms with Gasteiger partial charge in [-0.25, -0.2) is 0 Å². The molecule has 0 aliphatic heterocycles. The van der Waals surface area contributed by atoms with Crippen molar-refractivity contribution in [1.29, 1.82) is 0 Å². The summed E-state index contributed by atoms with van der Waals surface area (Å²) in [6.07, 6.45) is 0. The van der Waals surface area contributed by atoms with Gasteiger partial charge >= 0.3 is 0 Å². The molecule has 0 fully saturated rings. The maximum Gasteiger partial charge on any atom is 0.278 e. The van der Waals surface area contributed by atoms with Crippen LogP contribution < -0.4 is 11.0 Å². The Morgan fingerprint density at radius 1 is 0.929 bits per heavy atom. The summed E-state index contributed by atoms with van der Waals surface area (Å²) in [5.41, 5.74) is 0.488. The topological polar surface area (TPSA) is 26.3 Å². The first-order valence-electron chi connectivity index (χ1n) is 3.63. The first-order valence-corrected chi connectivity index (χ1v) is 5.88. The van der Waals surface area contributed by atoms with Gasteiger partial charge in [0.25, 0.3) is 12.0 Å². The van der Waals surface area contributed by atoms with E-state index in [1.165, 1.54) is 12.1 Å². The van der Waals surface area contributed by atoms with E-state index in [4.69, 9.17) is 11.2 Å². The Hall–Kier alpha value is -0.860. The van der Waals surface area contributed by atoms with E-state index < -0.39 is 19.3 Å². The summed E-state index contributed by atoms with van der Waals surface area (Å²) in [6, 6.07) is 3.64. The second-order valence-corrected chi connectivity index (χ2v) is 4.89. The SMILES string of the molecule is Fc1ccc(P(Cl)c2ccc(F)o2)o1. The van der Waals surface area contributed by atoms with E-state index in [9.17, 15) is 8.78 Å². The predicted molar refractivity (Wildman–Crippen MR) is 49.4 cm³/mol. The van der Waals surface area contributed by atoms with Gasteiger partial charge < -0.3 is 8.83 Å². The largest absolute Gasteiger partial charge is 0.430 e. The van der Waals surface area contributed by atoms with Gasteiger partial charge in [0.05, 0.1) is 0 Å². The number of hydrogen-bond acceptors (Lipinski definition) is 2. The highest BCUT2D eigenvalue weighted by atomic mass is 35.7. The van der Waals surface area contributed by atoms with Gasteiger partial charge in [-0.15, -0.1) is 0 Å². The molecule has 6 heteroatoms. The Bertz CT molecular complexity index is 400. The van der Waals surface area contributed by atoms with Crippen molar-refractivity contribution in [2.75, 3.05) is 0 Å². The molecule has 0 saturated heterocycles. The van der Waals surface area contributed by atoms with E-state index in [0.29, 0.717) is 0 Å². The van der Waals surface area contributed by atoms with Gasteiger partial charge in [0.2, 0.25) is 0 Å². The molecule has 0 spiro atoms. The summed E-state index contributed by atoms with van der Waals surface area (Å²) >= 11 is 5.90. The molecule has 74 valence electrons. The number of halogens is 3. The van der Waals surface area contributed by atoms with E-state index in [0.717, 1.165) is 12.1 Å². The van der Waals surface area contributed by atoms with Crippen LogP contribution >= 0.6 is 18.5 Å². The second kappa shape index (κ2) is 3.71. The van der Waals surface area contributed by atoms with Gasteiger partial charge in [-0.2, -0.15) is 8.78 Å². The summed E-state index contributed by atoms with van der Waals surface area (Å²) in [7, 11) is -1.47. The average molecular weight is 237 g/mol. The molecular formula is C8H4ClF2O2P. The lowest BCUT2D eigenvalue weighted by Gasteiger charge is -2.00. The van der Waals surface area contributed by atoms with Crippen LogP contribution in [0.25, 0.3) is 0 Å². The third kappa shape index (κ3) is 1.81. The van der Waals surface area contributed by atoms with Crippen LogP contribution in [0.5, 0.6) is 0 Å². The summed E-state index contributed by atoms with van der Waals surface area (Å²) in [5, 5.41) is 0. The summed E-state index contributed by atoms with van der Waals surface area (Å²) in [6.45, 7) is 0. The molecule has 2 aromatic heterocycles. The van der Waals surface area contributed by atoms with Gasteiger partial charge in [-0.05, 0) is 12.1 Å². The smallest absolute Gasteiger partial charge is 0.278 e. The van der Waals surface area contributed by atoms with Crippen molar-refractivity contribution in [3.63, 3.8) is 0 Å². The van der Waals surface area contributed by atoms with Crippen molar-refractivity contribution >= 4 is 29.5 Å². The third-order valence-corrected chi connectivity index (χ3v) is 3.76. The van der Waals surface area contributed by atoms with Gasteiger partial charge in [0.15, 0.2) is 11.0 Å². The zero-order chi connectivity index (χ0) is 10.1. The van der Waals surface area contributed by atoms with Crippen molar-refractivity contribution in [3.05, 3.63) is 36.3 Å². The first-order chi connectivity index (χ1) is 6.66. The highest BCUT2D eigenvalue weighted by Crippen LogP contribution is 2.39. The fourth-order valence-electron chi connectivity index (χ4n) is 0.929. The molecule has 0 N–H and O–H groups in total. The Morgan fingerprint density at radius 3 is 1.64 bits per heavy atom. The first kappa shape index (κ1) is 9.69. The van der Waals surface area contributed by atoms with E-state index in [1.807, 2.05) is 0 Å². The Morgan fingerprint density at radius 2 is 1.36 bits per heavy atom. The highest BCUT2D eigenvalue weighted by molar-refractivity contribution is 7.95. The maximum atomic E-state index is 12.5. The van der Waals surface area contributed by atoms with Gasteiger partial charge in [-0.1, -0.05) is 11.2 Å². The molecule has 2 rings (SSSR count). The van der Waals surface area contributed by atoms with Crippen LogP contribution in [0.2, 0.25) is 0 Å². The summed E-state index contributed by atoms with van der Waals surface area (Å²) in [5.74, 6) is 0. The molecule has 0 radical (unpaired) electrons. The van der Waals surface area contributed by atoms with Gasteiger partial charge in [-0.3, -0.25) is 0 Å². The van der Waals surface area contributed by atoms with Crippen molar-refractivity contribution in [2.24, 2.45) is 0 Å². The molecule has 0 bridgehead atoms. The molecule has 0 aromatic carbocycles. The minimum atomic E-state index is -1.47. The van der Waals surface area contributed by atoms with Crippen LogP contribution in [0, 0.1) is 12.0 Å². The van der Waals surface area contributed by atoms with Crippen molar-refractivity contribution in [2.45, 2.75) is 0 Å². The van der Waals surface area contributed by atoms with E-state index in [2.05, 4.69) is 8.83 Å². The van der Waals surface area contributed by atoms with E-state index in [1.54, 1.807) is 0 Å². The minimum Gasteiger partial charge on any atom is -0.430 e. The maximum absolute atomic E-state index is 12.5. The molecule has 0 aliphatic rings. The minimum absolute atomic E-state index is 0.244. The molecule has 2 heterocycles. The van der Waals surface area contributed by atoms with Gasteiger partial charge in [0.1, 0.15) is 7.27 Å². The molecule has 2 aromatic rings. The van der Waals surface area contributed by atoms with E-state index >= 15 is 0 Å². The second-order valence-electron chi connectivity index (χ2n) is 2.44. The van der Waals surface area contributed by atoms with Crippen LogP contribution in [0.4, 0.5) is 8.78 Å². The lowest BCUT2D eigenvalue weighted by atomic mass is 10.7. The molecule has 0 atom stereocenters. The highest BCUT2D eigenvalue weighted by Gasteiger charge is 2.19. The van der Waals surface area contributed by atoms with Crippen LogP contribution in [-0.4, -0.2) is 0 Å². The Labute approximate surface area is 84.0 Å². The molecule has 0 amide bonds. The zero-order valence-electron chi connectivity index (χ0n) is 6.71. The monoisotopic (exact) mass is 236 g/mol. The average Bonchev–Trinajstić information content (AvgIpc) is 2.73.